The number of rotatable bonds is 45. The number of unbranched alkanes of at least 4 members (excludes halogenated alkanes) is 30. The van der Waals surface area contributed by atoms with Gasteiger partial charge in [-0.1, -0.05) is 220 Å². The number of amides is 1. The highest BCUT2D eigenvalue weighted by molar-refractivity contribution is 5.67. The van der Waals surface area contributed by atoms with E-state index in [2.05, 4.69) is 53.8 Å². The van der Waals surface area contributed by atoms with Crippen molar-refractivity contribution in [3.05, 3.63) is 0 Å². The zero-order valence-electron chi connectivity index (χ0n) is 39.1. The lowest BCUT2D eigenvalue weighted by Crippen LogP contribution is -2.38. The summed E-state index contributed by atoms with van der Waals surface area (Å²) in [5.74, 6) is 0.483. The Morgan fingerprint density at radius 1 is 0.482 bits per heavy atom. The topological polar surface area (TPSA) is 66.0 Å². The molecule has 0 radical (unpaired) electrons. The molecule has 0 aliphatic rings. The molecule has 0 saturated heterocycles. The Labute approximate surface area is 351 Å². The quantitative estimate of drug-likeness (QED) is 0.0622. The van der Waals surface area contributed by atoms with Crippen LogP contribution < -0.4 is 5.32 Å². The van der Waals surface area contributed by atoms with Crippen molar-refractivity contribution in [1.82, 2.24) is 5.32 Å². The standard InChI is InChI=1S/C50H101NO5/c1-8-10-12-14-16-18-20-22-24-26-28-30-32-34-36-38-42-53-47(5)48(45-55-49(52)51-41-40-50(6,7)56-44-46(3)4)54-43-39-37-35-33-31-29-27-25-23-21-19-17-15-13-11-9-2/h46-48H,8-45H2,1-7H3,(H,51,52). The van der Waals surface area contributed by atoms with Gasteiger partial charge in [0.1, 0.15) is 12.7 Å². The SMILES string of the molecule is CCCCCCCCCCCCCCCCCCOC(C)C(COC(=O)NCCC(C)(C)OCC(C)C)OCCCCCCCCCCCCCCCCCC. The fraction of sp³-hybridized carbons (Fsp3) is 0.980. The summed E-state index contributed by atoms with van der Waals surface area (Å²) in [5, 5.41) is 2.91. The Kier molecular flexibility index (Phi) is 41.6. The van der Waals surface area contributed by atoms with Crippen LogP contribution in [0.5, 0.6) is 0 Å². The van der Waals surface area contributed by atoms with Crippen molar-refractivity contribution >= 4 is 6.09 Å². The van der Waals surface area contributed by atoms with Gasteiger partial charge in [-0.2, -0.15) is 0 Å². The van der Waals surface area contributed by atoms with Crippen molar-refractivity contribution in [2.24, 2.45) is 5.92 Å². The third-order valence-corrected chi connectivity index (χ3v) is 11.4. The van der Waals surface area contributed by atoms with E-state index in [-0.39, 0.29) is 24.4 Å². The number of ether oxygens (including phenoxy) is 4. The Morgan fingerprint density at radius 3 is 1.18 bits per heavy atom. The molecule has 0 aromatic rings. The second-order valence-electron chi connectivity index (χ2n) is 18.3. The molecule has 0 aliphatic heterocycles. The summed E-state index contributed by atoms with van der Waals surface area (Å²) in [4.78, 5) is 12.6. The Morgan fingerprint density at radius 2 is 0.821 bits per heavy atom. The first-order valence-electron chi connectivity index (χ1n) is 25.0. The van der Waals surface area contributed by atoms with Crippen molar-refractivity contribution < 1.29 is 23.7 Å². The molecule has 1 N–H and O–H groups in total. The molecule has 56 heavy (non-hydrogen) atoms. The maximum atomic E-state index is 12.6. The molecular weight excluding hydrogens is 695 g/mol. The molecule has 1 amide bonds. The first kappa shape index (κ1) is 55.2. The van der Waals surface area contributed by atoms with Crippen molar-refractivity contribution in [2.45, 2.75) is 278 Å². The summed E-state index contributed by atoms with van der Waals surface area (Å²) in [6.45, 7) is 17.9. The number of hydrogen-bond acceptors (Lipinski definition) is 5. The second kappa shape index (κ2) is 42.3. The minimum atomic E-state index is -0.398. The molecule has 0 aromatic heterocycles. The van der Waals surface area contributed by atoms with Crippen molar-refractivity contribution in [3.8, 4) is 0 Å². The van der Waals surface area contributed by atoms with Gasteiger partial charge in [0.25, 0.3) is 0 Å². The molecule has 6 heteroatoms. The molecule has 2 unspecified atom stereocenters. The van der Waals surface area contributed by atoms with Crippen LogP contribution in [0.25, 0.3) is 0 Å². The molecule has 0 heterocycles. The van der Waals surface area contributed by atoms with Crippen LogP contribution in [0.1, 0.15) is 260 Å². The predicted octanol–water partition coefficient (Wildman–Crippen LogP) is 15.9. The van der Waals surface area contributed by atoms with E-state index in [1.54, 1.807) is 0 Å². The minimum absolute atomic E-state index is 0.122. The van der Waals surface area contributed by atoms with Crippen LogP contribution in [0.15, 0.2) is 0 Å². The van der Waals surface area contributed by atoms with E-state index in [4.69, 9.17) is 18.9 Å². The van der Waals surface area contributed by atoms with Crippen molar-refractivity contribution in [3.63, 3.8) is 0 Å². The Bertz CT molecular complexity index is 789. The molecule has 0 aliphatic carbocycles. The third kappa shape index (κ3) is 41.3. The zero-order chi connectivity index (χ0) is 41.2. The normalized spacial score (nSPS) is 13.1. The molecule has 336 valence electrons. The van der Waals surface area contributed by atoms with Crippen LogP contribution in [0.3, 0.4) is 0 Å². The highest BCUT2D eigenvalue weighted by atomic mass is 16.6. The summed E-state index contributed by atoms with van der Waals surface area (Å²) >= 11 is 0. The van der Waals surface area contributed by atoms with Gasteiger partial charge in [0.2, 0.25) is 0 Å². The van der Waals surface area contributed by atoms with E-state index in [1.807, 2.05) is 0 Å². The maximum absolute atomic E-state index is 12.6. The molecule has 0 aromatic carbocycles. The fourth-order valence-corrected chi connectivity index (χ4v) is 7.37. The second-order valence-corrected chi connectivity index (χ2v) is 18.3. The van der Waals surface area contributed by atoms with Crippen LogP contribution in [-0.4, -0.2) is 56.9 Å². The largest absolute Gasteiger partial charge is 0.447 e. The van der Waals surface area contributed by atoms with Gasteiger partial charge in [0, 0.05) is 26.4 Å². The van der Waals surface area contributed by atoms with Gasteiger partial charge in [0.15, 0.2) is 0 Å². The van der Waals surface area contributed by atoms with E-state index in [0.29, 0.717) is 25.7 Å². The minimum Gasteiger partial charge on any atom is -0.447 e. The van der Waals surface area contributed by atoms with Crippen LogP contribution in [-0.2, 0) is 18.9 Å². The third-order valence-electron chi connectivity index (χ3n) is 11.4. The van der Waals surface area contributed by atoms with Gasteiger partial charge >= 0.3 is 6.09 Å². The highest BCUT2D eigenvalue weighted by Gasteiger charge is 2.22. The molecule has 6 nitrogen and oxygen atoms in total. The Balaban J connectivity index is 4.25. The average Bonchev–Trinajstić information content (AvgIpc) is 3.17. The van der Waals surface area contributed by atoms with Gasteiger partial charge in [-0.3, -0.25) is 0 Å². The molecule has 0 saturated carbocycles. The highest BCUT2D eigenvalue weighted by Crippen LogP contribution is 2.18. The molecular formula is C50H101NO5. The van der Waals surface area contributed by atoms with E-state index in [0.717, 1.165) is 25.9 Å². The number of carbonyl (C=O) groups is 1. The van der Waals surface area contributed by atoms with Gasteiger partial charge in [-0.05, 0) is 46.0 Å². The molecule has 0 bridgehead atoms. The lowest BCUT2D eigenvalue weighted by molar-refractivity contribution is -0.0878. The first-order valence-corrected chi connectivity index (χ1v) is 25.0. The van der Waals surface area contributed by atoms with Crippen LogP contribution >= 0.6 is 0 Å². The number of hydrogen-bond donors (Lipinski definition) is 1. The molecule has 0 fully saturated rings. The van der Waals surface area contributed by atoms with Crippen LogP contribution in [0.4, 0.5) is 4.79 Å². The first-order chi connectivity index (χ1) is 27.2. The van der Waals surface area contributed by atoms with Crippen molar-refractivity contribution in [1.29, 1.82) is 0 Å². The Hall–Kier alpha value is -0.850. The van der Waals surface area contributed by atoms with Gasteiger partial charge in [-0.25, -0.2) is 4.79 Å². The lowest BCUT2D eigenvalue weighted by atomic mass is 10.0. The average molecular weight is 796 g/mol. The number of carbonyl (C=O) groups excluding carboxylic acids is 1. The van der Waals surface area contributed by atoms with Gasteiger partial charge < -0.3 is 24.3 Å². The summed E-state index contributed by atoms with van der Waals surface area (Å²) in [5.41, 5.74) is -0.287. The number of alkyl carbamates (subject to hydrolysis) is 1. The van der Waals surface area contributed by atoms with Gasteiger partial charge in [0.05, 0.1) is 11.7 Å². The van der Waals surface area contributed by atoms with Crippen LogP contribution in [0, 0.1) is 5.92 Å². The van der Waals surface area contributed by atoms with Crippen LogP contribution in [0.2, 0.25) is 0 Å². The maximum Gasteiger partial charge on any atom is 0.407 e. The summed E-state index contributed by atoms with van der Waals surface area (Å²) < 4.78 is 24.2. The smallest absolute Gasteiger partial charge is 0.407 e. The summed E-state index contributed by atoms with van der Waals surface area (Å²) in [7, 11) is 0. The predicted molar refractivity (Wildman–Crippen MR) is 243 cm³/mol. The zero-order valence-corrected chi connectivity index (χ0v) is 39.1. The lowest BCUT2D eigenvalue weighted by Gasteiger charge is -2.27. The van der Waals surface area contributed by atoms with E-state index in [9.17, 15) is 4.79 Å². The molecule has 0 rings (SSSR count). The summed E-state index contributed by atoms with van der Waals surface area (Å²) in [6, 6.07) is 0. The van der Waals surface area contributed by atoms with Crippen molar-refractivity contribution in [2.75, 3.05) is 33.0 Å². The molecule has 0 spiro atoms. The van der Waals surface area contributed by atoms with E-state index < -0.39 is 6.09 Å². The fourth-order valence-electron chi connectivity index (χ4n) is 7.37. The van der Waals surface area contributed by atoms with Gasteiger partial charge in [-0.15, -0.1) is 0 Å². The summed E-state index contributed by atoms with van der Waals surface area (Å²) in [6.07, 6.45) is 43.5. The van der Waals surface area contributed by atoms with E-state index in [1.165, 1.54) is 193 Å². The monoisotopic (exact) mass is 796 g/mol. The number of nitrogens with one attached hydrogen (secondary N) is 1. The molecule has 2 atom stereocenters. The van der Waals surface area contributed by atoms with E-state index >= 15 is 0 Å².